The Labute approximate surface area is 195 Å². The monoisotopic (exact) mass is 475 g/mol. The lowest BCUT2D eigenvalue weighted by Gasteiger charge is -2.36. The Morgan fingerprint density at radius 2 is 1.59 bits per heavy atom. The van der Waals surface area contributed by atoms with Gasteiger partial charge in [-0.3, -0.25) is 4.57 Å². The van der Waals surface area contributed by atoms with Crippen LogP contribution in [0.5, 0.6) is 5.75 Å². The molecule has 1 aromatic carbocycles. The molecule has 0 bridgehead atoms. The molecule has 2 aliphatic heterocycles. The summed E-state index contributed by atoms with van der Waals surface area (Å²) in [5.74, 6) is 0.868. The lowest BCUT2D eigenvalue weighted by atomic mass is 10.2. The number of para-hydroxylation sites is 1. The van der Waals surface area contributed by atoms with Gasteiger partial charge in [0, 0.05) is 26.2 Å². The number of morpholine rings is 2. The Balaban J connectivity index is 1.69. The second kappa shape index (κ2) is 9.26. The van der Waals surface area contributed by atoms with E-state index in [2.05, 4.69) is 15.0 Å². The maximum atomic E-state index is 14.2. The molecule has 2 unspecified atom stereocenters. The van der Waals surface area contributed by atoms with Crippen molar-refractivity contribution in [1.82, 2.24) is 24.5 Å². The zero-order valence-corrected chi connectivity index (χ0v) is 19.3. The number of hydrogen-bond donors (Lipinski definition) is 0. The normalized spacial score (nSPS) is 21.5. The average molecular weight is 476 g/mol. The predicted molar refractivity (Wildman–Crippen MR) is 121 cm³/mol. The summed E-state index contributed by atoms with van der Waals surface area (Å²) in [6, 6.07) is 5.11. The van der Waals surface area contributed by atoms with Gasteiger partial charge in [0.25, 0.3) is 6.43 Å². The van der Waals surface area contributed by atoms with Crippen LogP contribution in [0, 0.1) is 0 Å². The fourth-order valence-corrected chi connectivity index (χ4v) is 4.44. The van der Waals surface area contributed by atoms with Crippen LogP contribution in [0.25, 0.3) is 17.0 Å². The number of imidazole rings is 1. The largest absolute Gasteiger partial charge is 0.494 e. The van der Waals surface area contributed by atoms with Gasteiger partial charge in [0.2, 0.25) is 17.8 Å². The Hall–Kier alpha value is -3.12. The number of nitrogens with zero attached hydrogens (tertiary/aromatic N) is 7. The molecule has 0 radical (unpaired) electrons. The Kier molecular flexibility index (Phi) is 6.17. The standard InChI is InChI=1S/C22H27F2N7O3/c1-13-11-30(12-14(2)34-13)21-26-20(29-7-9-33-10-8-29)27-22(28-21)31-15-5-4-6-16(32-3)17(15)25-19(31)18(23)24/h4-6,13-14,18H,7-12H2,1-3H3. The highest BCUT2D eigenvalue weighted by atomic mass is 19.3. The zero-order valence-electron chi connectivity index (χ0n) is 19.3. The van der Waals surface area contributed by atoms with E-state index in [0.29, 0.717) is 68.1 Å². The third-order valence-electron chi connectivity index (χ3n) is 5.89. The van der Waals surface area contributed by atoms with Gasteiger partial charge in [0.05, 0.1) is 38.0 Å². The van der Waals surface area contributed by atoms with Crippen molar-refractivity contribution >= 4 is 22.9 Å². The lowest BCUT2D eigenvalue weighted by Crippen LogP contribution is -2.46. The van der Waals surface area contributed by atoms with Crippen molar-refractivity contribution in [2.24, 2.45) is 0 Å². The SMILES string of the molecule is COc1cccc2c1nc(C(F)F)n2-c1nc(N2CCOCC2)nc(N2CC(C)OC(C)C2)n1. The molecule has 0 saturated carbocycles. The average Bonchev–Trinajstić information content (AvgIpc) is 3.24. The molecular formula is C22H27F2N7O3. The first kappa shape index (κ1) is 22.7. The summed E-state index contributed by atoms with van der Waals surface area (Å²) in [4.78, 5) is 22.2. The van der Waals surface area contributed by atoms with E-state index in [4.69, 9.17) is 19.2 Å². The van der Waals surface area contributed by atoms with Crippen molar-refractivity contribution in [3.8, 4) is 11.7 Å². The van der Waals surface area contributed by atoms with E-state index in [0.717, 1.165) is 0 Å². The summed E-state index contributed by atoms with van der Waals surface area (Å²) in [6.07, 6.45) is -2.89. The molecule has 5 rings (SSSR count). The topological polar surface area (TPSA) is 90.7 Å². The van der Waals surface area contributed by atoms with Gasteiger partial charge in [-0.25, -0.2) is 13.8 Å². The van der Waals surface area contributed by atoms with E-state index in [1.807, 2.05) is 23.6 Å². The van der Waals surface area contributed by atoms with Gasteiger partial charge in [-0.1, -0.05) is 6.07 Å². The summed E-state index contributed by atoms with van der Waals surface area (Å²) < 4.78 is 46.3. The molecule has 10 nitrogen and oxygen atoms in total. The molecule has 2 saturated heterocycles. The summed E-state index contributed by atoms with van der Waals surface area (Å²) in [5.41, 5.74) is 0.757. The number of halogens is 2. The van der Waals surface area contributed by atoms with E-state index in [-0.39, 0.29) is 18.2 Å². The van der Waals surface area contributed by atoms with Crippen LogP contribution >= 0.6 is 0 Å². The number of ether oxygens (including phenoxy) is 3. The first-order chi connectivity index (χ1) is 16.4. The zero-order chi connectivity index (χ0) is 23.8. The first-order valence-electron chi connectivity index (χ1n) is 11.3. The van der Waals surface area contributed by atoms with Crippen LogP contribution in [-0.4, -0.2) is 83.2 Å². The van der Waals surface area contributed by atoms with Crippen molar-refractivity contribution in [1.29, 1.82) is 0 Å². The summed E-state index contributed by atoms with van der Waals surface area (Å²) in [7, 11) is 1.48. The second-order valence-corrected chi connectivity index (χ2v) is 8.43. The molecule has 4 heterocycles. The van der Waals surface area contributed by atoms with Crippen LogP contribution in [0.1, 0.15) is 26.1 Å². The minimum absolute atomic E-state index is 0.0224. The van der Waals surface area contributed by atoms with Gasteiger partial charge in [-0.05, 0) is 26.0 Å². The van der Waals surface area contributed by atoms with Gasteiger partial charge >= 0.3 is 0 Å². The van der Waals surface area contributed by atoms with Crippen LogP contribution in [0.15, 0.2) is 18.2 Å². The maximum absolute atomic E-state index is 14.2. The molecule has 0 amide bonds. The molecule has 2 aliphatic rings. The fraction of sp³-hybridized carbons (Fsp3) is 0.545. The maximum Gasteiger partial charge on any atom is 0.296 e. The molecule has 2 fully saturated rings. The highest BCUT2D eigenvalue weighted by Gasteiger charge is 2.29. The molecular weight excluding hydrogens is 448 g/mol. The molecule has 0 N–H and O–H groups in total. The van der Waals surface area contributed by atoms with Crippen LogP contribution in [0.4, 0.5) is 20.7 Å². The molecule has 3 aromatic rings. The van der Waals surface area contributed by atoms with E-state index in [9.17, 15) is 8.78 Å². The number of alkyl halides is 2. The number of aromatic nitrogens is 5. The van der Waals surface area contributed by atoms with Crippen molar-refractivity contribution in [2.75, 3.05) is 56.3 Å². The lowest BCUT2D eigenvalue weighted by molar-refractivity contribution is -0.00573. The van der Waals surface area contributed by atoms with Crippen LogP contribution in [0.3, 0.4) is 0 Å². The molecule has 34 heavy (non-hydrogen) atoms. The van der Waals surface area contributed by atoms with Gasteiger partial charge in [-0.2, -0.15) is 15.0 Å². The van der Waals surface area contributed by atoms with Crippen LogP contribution < -0.4 is 14.5 Å². The van der Waals surface area contributed by atoms with Crippen molar-refractivity contribution < 1.29 is 23.0 Å². The van der Waals surface area contributed by atoms with E-state index < -0.39 is 12.2 Å². The smallest absolute Gasteiger partial charge is 0.296 e. The van der Waals surface area contributed by atoms with Gasteiger partial charge in [-0.15, -0.1) is 0 Å². The predicted octanol–water partition coefficient (Wildman–Crippen LogP) is 2.61. The minimum Gasteiger partial charge on any atom is -0.494 e. The van der Waals surface area contributed by atoms with Gasteiger partial charge < -0.3 is 24.0 Å². The molecule has 0 aliphatic carbocycles. The van der Waals surface area contributed by atoms with E-state index >= 15 is 0 Å². The first-order valence-corrected chi connectivity index (χ1v) is 11.3. The Morgan fingerprint density at radius 1 is 0.941 bits per heavy atom. The highest BCUT2D eigenvalue weighted by Crippen LogP contribution is 2.32. The second-order valence-electron chi connectivity index (χ2n) is 8.43. The van der Waals surface area contributed by atoms with Crippen molar-refractivity contribution in [3.05, 3.63) is 24.0 Å². The number of hydrogen-bond acceptors (Lipinski definition) is 9. The quantitative estimate of drug-likeness (QED) is 0.552. The molecule has 2 atom stereocenters. The van der Waals surface area contributed by atoms with Gasteiger partial charge in [0.1, 0.15) is 11.3 Å². The summed E-state index contributed by atoms with van der Waals surface area (Å²) in [6.45, 7) is 7.40. The minimum atomic E-state index is -2.84. The number of rotatable bonds is 5. The van der Waals surface area contributed by atoms with Crippen molar-refractivity contribution in [3.63, 3.8) is 0 Å². The molecule has 12 heteroatoms. The third-order valence-corrected chi connectivity index (χ3v) is 5.89. The Morgan fingerprint density at radius 3 is 2.24 bits per heavy atom. The molecule has 0 spiro atoms. The molecule has 182 valence electrons. The number of anilines is 2. The van der Waals surface area contributed by atoms with Gasteiger partial charge in [0.15, 0.2) is 5.82 Å². The number of benzene rings is 1. The van der Waals surface area contributed by atoms with Crippen LogP contribution in [0.2, 0.25) is 0 Å². The van der Waals surface area contributed by atoms with Crippen molar-refractivity contribution in [2.45, 2.75) is 32.5 Å². The number of methoxy groups -OCH3 is 1. The third kappa shape index (κ3) is 4.23. The summed E-state index contributed by atoms with van der Waals surface area (Å²) in [5, 5.41) is 0. The number of fused-ring (bicyclic) bond motifs is 1. The van der Waals surface area contributed by atoms with E-state index in [1.54, 1.807) is 18.2 Å². The molecule has 2 aromatic heterocycles. The fourth-order valence-electron chi connectivity index (χ4n) is 4.44. The Bertz CT molecular complexity index is 1160. The van der Waals surface area contributed by atoms with E-state index in [1.165, 1.54) is 11.7 Å². The highest BCUT2D eigenvalue weighted by molar-refractivity contribution is 5.84. The van der Waals surface area contributed by atoms with Crippen LogP contribution in [-0.2, 0) is 9.47 Å². The summed E-state index contributed by atoms with van der Waals surface area (Å²) >= 11 is 0.